The molecule has 0 aliphatic heterocycles. The van der Waals surface area contributed by atoms with E-state index in [1.807, 2.05) is 6.20 Å². The Hall–Kier alpha value is -1.68. The van der Waals surface area contributed by atoms with Gasteiger partial charge in [-0.2, -0.15) is 0 Å². The molecule has 2 rings (SSSR count). The molecule has 90 valence electrons. The highest BCUT2D eigenvalue weighted by atomic mass is 16.5. The number of benzene rings is 1. The quantitative estimate of drug-likeness (QED) is 0.812. The molecule has 0 fully saturated rings. The molecule has 0 saturated heterocycles. The third-order valence-corrected chi connectivity index (χ3v) is 2.77. The highest BCUT2D eigenvalue weighted by Gasteiger charge is 2.10. The Labute approximate surface area is 101 Å². The molecule has 1 unspecified atom stereocenters. The van der Waals surface area contributed by atoms with E-state index in [1.165, 1.54) is 5.56 Å². The van der Waals surface area contributed by atoms with E-state index >= 15 is 0 Å². The van der Waals surface area contributed by atoms with Gasteiger partial charge in [0.05, 0.1) is 6.20 Å². The highest BCUT2D eigenvalue weighted by molar-refractivity contribution is 5.57. The fourth-order valence-electron chi connectivity index (χ4n) is 1.74. The van der Waals surface area contributed by atoms with E-state index in [9.17, 15) is 0 Å². The Morgan fingerprint density at radius 3 is 2.59 bits per heavy atom. The van der Waals surface area contributed by atoms with Gasteiger partial charge < -0.3 is 4.74 Å². The number of ether oxygens (including phenoxy) is 1. The fraction of sp³-hybridized carbons (Fsp3) is 0.385. The maximum atomic E-state index is 5.31. The lowest BCUT2D eigenvalue weighted by Crippen LogP contribution is -2.10. The zero-order valence-corrected chi connectivity index (χ0v) is 10.4. The van der Waals surface area contributed by atoms with Gasteiger partial charge >= 0.3 is 0 Å². The molecule has 1 atom stereocenters. The average molecular weight is 231 g/mol. The summed E-state index contributed by atoms with van der Waals surface area (Å²) in [6.45, 7) is 4.13. The molecule has 0 spiro atoms. The highest BCUT2D eigenvalue weighted by Crippen LogP contribution is 2.19. The van der Waals surface area contributed by atoms with Gasteiger partial charge in [-0.05, 0) is 13.3 Å². The summed E-state index contributed by atoms with van der Waals surface area (Å²) in [5.74, 6) is 0. The minimum atomic E-state index is -0.0401. The van der Waals surface area contributed by atoms with Crippen molar-refractivity contribution in [3.63, 3.8) is 0 Å². The van der Waals surface area contributed by atoms with Crippen LogP contribution in [0.1, 0.15) is 25.1 Å². The zero-order valence-electron chi connectivity index (χ0n) is 10.4. The molecule has 0 aliphatic carbocycles. The van der Waals surface area contributed by atoms with Gasteiger partial charge in [0.15, 0.2) is 6.23 Å². The molecule has 0 bridgehead atoms. The molecular weight excluding hydrogens is 214 g/mol. The Morgan fingerprint density at radius 1 is 1.29 bits per heavy atom. The van der Waals surface area contributed by atoms with E-state index in [0.29, 0.717) is 0 Å². The molecule has 0 amide bonds. The van der Waals surface area contributed by atoms with Gasteiger partial charge in [0.1, 0.15) is 5.69 Å². The first kappa shape index (κ1) is 11.8. The number of hydrogen-bond acceptors (Lipinski definition) is 3. The Bertz CT molecular complexity index is 472. The molecule has 1 heterocycles. The molecule has 4 heteroatoms. The van der Waals surface area contributed by atoms with E-state index in [-0.39, 0.29) is 6.23 Å². The number of hydrogen-bond donors (Lipinski definition) is 0. The second-order valence-corrected chi connectivity index (χ2v) is 4.05. The van der Waals surface area contributed by atoms with Gasteiger partial charge in [-0.15, -0.1) is 5.10 Å². The van der Waals surface area contributed by atoms with Crippen molar-refractivity contribution < 1.29 is 4.74 Å². The number of rotatable bonds is 4. The largest absolute Gasteiger partial charge is 0.360 e. The van der Waals surface area contributed by atoms with Crippen molar-refractivity contribution in [3.05, 3.63) is 36.0 Å². The predicted octanol–water partition coefficient (Wildman–Crippen LogP) is 2.81. The first-order chi connectivity index (χ1) is 8.24. The lowest BCUT2D eigenvalue weighted by Gasteiger charge is -2.11. The van der Waals surface area contributed by atoms with Crippen LogP contribution in [0.15, 0.2) is 30.5 Å². The molecule has 17 heavy (non-hydrogen) atoms. The Balaban J connectivity index is 2.26. The van der Waals surface area contributed by atoms with Crippen LogP contribution in [0.5, 0.6) is 0 Å². The van der Waals surface area contributed by atoms with E-state index in [1.54, 1.807) is 11.8 Å². The van der Waals surface area contributed by atoms with Crippen molar-refractivity contribution in [1.29, 1.82) is 0 Å². The summed E-state index contributed by atoms with van der Waals surface area (Å²) in [5.41, 5.74) is 3.19. The summed E-state index contributed by atoms with van der Waals surface area (Å²) in [6, 6.07) is 8.25. The number of aromatic nitrogens is 3. The summed E-state index contributed by atoms with van der Waals surface area (Å²) in [4.78, 5) is 0. The van der Waals surface area contributed by atoms with E-state index < -0.39 is 0 Å². The molecule has 0 aliphatic rings. The molecule has 1 aromatic heterocycles. The molecule has 0 radical (unpaired) electrons. The molecular formula is C13H17N3O. The first-order valence-corrected chi connectivity index (χ1v) is 5.76. The number of methoxy groups -OCH3 is 1. The van der Waals surface area contributed by atoms with Gasteiger partial charge in [-0.1, -0.05) is 42.0 Å². The molecule has 2 aromatic rings. The van der Waals surface area contributed by atoms with Crippen molar-refractivity contribution in [1.82, 2.24) is 15.0 Å². The van der Waals surface area contributed by atoms with Crippen LogP contribution in [0.2, 0.25) is 0 Å². The minimum Gasteiger partial charge on any atom is -0.360 e. The number of nitrogens with zero attached hydrogens (tertiary/aromatic N) is 3. The Morgan fingerprint density at radius 2 is 2.00 bits per heavy atom. The van der Waals surface area contributed by atoms with Crippen LogP contribution in [0, 0.1) is 6.92 Å². The van der Waals surface area contributed by atoms with Crippen molar-refractivity contribution in [2.45, 2.75) is 26.5 Å². The van der Waals surface area contributed by atoms with Crippen molar-refractivity contribution >= 4 is 0 Å². The maximum absolute atomic E-state index is 5.31. The zero-order chi connectivity index (χ0) is 12.3. The van der Waals surface area contributed by atoms with Gasteiger partial charge in [0.25, 0.3) is 0 Å². The number of aryl methyl sites for hydroxylation is 1. The lowest BCUT2D eigenvalue weighted by molar-refractivity contribution is 0.0295. The summed E-state index contributed by atoms with van der Waals surface area (Å²) in [7, 11) is 1.68. The van der Waals surface area contributed by atoms with Crippen LogP contribution in [-0.2, 0) is 4.74 Å². The van der Waals surface area contributed by atoms with Crippen LogP contribution >= 0.6 is 0 Å². The van der Waals surface area contributed by atoms with Crippen LogP contribution in [0.25, 0.3) is 11.3 Å². The second kappa shape index (κ2) is 5.10. The molecule has 4 nitrogen and oxygen atoms in total. The van der Waals surface area contributed by atoms with Crippen LogP contribution < -0.4 is 0 Å². The van der Waals surface area contributed by atoms with Crippen LogP contribution in [0.4, 0.5) is 0 Å². The van der Waals surface area contributed by atoms with Crippen LogP contribution in [-0.4, -0.2) is 22.1 Å². The first-order valence-electron chi connectivity index (χ1n) is 5.76. The molecule has 0 saturated carbocycles. The van der Waals surface area contributed by atoms with Crippen molar-refractivity contribution in [3.8, 4) is 11.3 Å². The fourth-order valence-corrected chi connectivity index (χ4v) is 1.74. The summed E-state index contributed by atoms with van der Waals surface area (Å²) >= 11 is 0. The third kappa shape index (κ3) is 2.53. The summed E-state index contributed by atoms with van der Waals surface area (Å²) in [5, 5.41) is 8.26. The van der Waals surface area contributed by atoms with Gasteiger partial charge in [0.2, 0.25) is 0 Å². The van der Waals surface area contributed by atoms with E-state index in [2.05, 4.69) is 48.4 Å². The topological polar surface area (TPSA) is 39.9 Å². The third-order valence-electron chi connectivity index (χ3n) is 2.77. The second-order valence-electron chi connectivity index (χ2n) is 4.05. The van der Waals surface area contributed by atoms with Crippen molar-refractivity contribution in [2.75, 3.05) is 7.11 Å². The monoisotopic (exact) mass is 231 g/mol. The molecule has 0 N–H and O–H groups in total. The van der Waals surface area contributed by atoms with Crippen LogP contribution in [0.3, 0.4) is 0 Å². The standard InChI is InChI=1S/C13H17N3O/c1-4-13(17-3)16-9-12(14-15-16)11-7-5-10(2)6-8-11/h5-9,13H,4H2,1-3H3. The van der Waals surface area contributed by atoms with Gasteiger partial charge in [0, 0.05) is 12.7 Å². The summed E-state index contributed by atoms with van der Waals surface area (Å²) in [6.07, 6.45) is 2.75. The minimum absolute atomic E-state index is 0.0401. The van der Waals surface area contributed by atoms with Crippen molar-refractivity contribution in [2.24, 2.45) is 0 Å². The van der Waals surface area contributed by atoms with E-state index in [0.717, 1.165) is 17.7 Å². The SMILES string of the molecule is CCC(OC)n1cc(-c2ccc(C)cc2)nn1. The summed E-state index contributed by atoms with van der Waals surface area (Å²) < 4.78 is 7.07. The van der Waals surface area contributed by atoms with Gasteiger partial charge in [-0.25, -0.2) is 4.68 Å². The normalized spacial score (nSPS) is 12.6. The predicted molar refractivity (Wildman–Crippen MR) is 66.5 cm³/mol. The average Bonchev–Trinajstić information content (AvgIpc) is 2.81. The van der Waals surface area contributed by atoms with E-state index in [4.69, 9.17) is 4.74 Å². The Kier molecular flexibility index (Phi) is 3.54. The molecule has 1 aromatic carbocycles. The smallest absolute Gasteiger partial charge is 0.151 e. The van der Waals surface area contributed by atoms with Gasteiger partial charge in [-0.3, -0.25) is 0 Å². The maximum Gasteiger partial charge on any atom is 0.151 e. The lowest BCUT2D eigenvalue weighted by atomic mass is 10.1.